The molecule has 0 fully saturated rings. The van der Waals surface area contributed by atoms with Crippen LogP contribution in [0.15, 0.2) is 12.8 Å². The maximum absolute atomic E-state index is 9.75. The monoisotopic (exact) mass is 150 g/mol. The van der Waals surface area contributed by atoms with Gasteiger partial charge in [0.2, 0.25) is 0 Å². The molecule has 0 aromatic carbocycles. The number of ether oxygens (including phenoxy) is 1. The van der Waals surface area contributed by atoms with Crippen LogP contribution in [-0.4, -0.2) is 5.97 Å². The van der Waals surface area contributed by atoms with E-state index in [9.17, 15) is 4.79 Å². The average Bonchev–Trinajstić information content (AvgIpc) is 1.35. The van der Waals surface area contributed by atoms with E-state index in [0.717, 1.165) is 6.26 Å². The van der Waals surface area contributed by atoms with Gasteiger partial charge in [0.05, 0.1) is 6.26 Å². The van der Waals surface area contributed by atoms with Gasteiger partial charge < -0.3 is 4.74 Å². The minimum absolute atomic E-state index is 0. The van der Waals surface area contributed by atoms with E-state index >= 15 is 0 Å². The molecule has 0 N–H and O–H groups in total. The molecule has 0 aliphatic heterocycles. The summed E-state index contributed by atoms with van der Waals surface area (Å²) in [6.45, 7) is 4.48. The van der Waals surface area contributed by atoms with E-state index in [1.165, 1.54) is 6.92 Å². The molecule has 3 heteroatoms. The van der Waals surface area contributed by atoms with Gasteiger partial charge in [0.15, 0.2) is 0 Å². The molecule has 0 spiro atoms. The normalized spacial score (nSPS) is 5.86. The zero-order valence-electron chi connectivity index (χ0n) is 4.31. The first-order valence-corrected chi connectivity index (χ1v) is 1.55. The molecular formula is C4H6O2Zn+2. The molecule has 0 aromatic heterocycles. The Labute approximate surface area is 55.3 Å². The molecule has 0 heterocycles. The smallest absolute Gasteiger partial charge is 0.435 e. The van der Waals surface area contributed by atoms with Crippen LogP contribution in [-0.2, 0) is 29.0 Å². The number of hydrogen-bond acceptors (Lipinski definition) is 2. The van der Waals surface area contributed by atoms with Gasteiger partial charge in [-0.05, 0) is 0 Å². The fourth-order valence-electron chi connectivity index (χ4n) is 0.117. The second-order valence-corrected chi connectivity index (χ2v) is 0.776. The third-order valence-electron chi connectivity index (χ3n) is 0.249. The molecule has 0 unspecified atom stereocenters. The molecule has 0 amide bonds. The minimum Gasteiger partial charge on any atom is -0.435 e. The van der Waals surface area contributed by atoms with Crippen molar-refractivity contribution in [2.24, 2.45) is 0 Å². The molecule has 0 saturated heterocycles. The van der Waals surface area contributed by atoms with Crippen LogP contribution in [0.3, 0.4) is 0 Å². The number of rotatable bonds is 1. The minimum atomic E-state index is -0.329. The molecule has 0 aliphatic rings. The summed E-state index contributed by atoms with van der Waals surface area (Å²) < 4.78 is 4.17. The van der Waals surface area contributed by atoms with Crippen molar-refractivity contribution in [2.75, 3.05) is 0 Å². The van der Waals surface area contributed by atoms with E-state index in [4.69, 9.17) is 0 Å². The van der Waals surface area contributed by atoms with Crippen LogP contribution < -0.4 is 0 Å². The summed E-state index contributed by atoms with van der Waals surface area (Å²) in [6, 6.07) is 0. The molecule has 0 aliphatic carbocycles. The summed E-state index contributed by atoms with van der Waals surface area (Å²) in [5, 5.41) is 0. The van der Waals surface area contributed by atoms with Gasteiger partial charge in [0.1, 0.15) is 0 Å². The maximum Gasteiger partial charge on any atom is 2.00 e. The first-order valence-electron chi connectivity index (χ1n) is 1.55. The fraction of sp³-hybridized carbons (Fsp3) is 0.250. The van der Waals surface area contributed by atoms with Crippen molar-refractivity contribution in [3.63, 3.8) is 0 Å². The van der Waals surface area contributed by atoms with E-state index in [-0.39, 0.29) is 25.4 Å². The predicted molar refractivity (Wildman–Crippen MR) is 22.0 cm³/mol. The van der Waals surface area contributed by atoms with Crippen LogP contribution in [0.5, 0.6) is 0 Å². The summed E-state index contributed by atoms with van der Waals surface area (Å²) in [5.41, 5.74) is 0. The Morgan fingerprint density at radius 2 is 2.29 bits per heavy atom. The van der Waals surface area contributed by atoms with Crippen molar-refractivity contribution in [1.29, 1.82) is 0 Å². The summed E-state index contributed by atoms with van der Waals surface area (Å²) in [7, 11) is 0. The Kier molecular flexibility index (Phi) is 8.29. The van der Waals surface area contributed by atoms with Crippen LogP contribution in [0.1, 0.15) is 6.92 Å². The van der Waals surface area contributed by atoms with Gasteiger partial charge in [-0.25, -0.2) is 0 Å². The Balaban J connectivity index is 0. The predicted octanol–water partition coefficient (Wildman–Crippen LogP) is 0.690. The summed E-state index contributed by atoms with van der Waals surface area (Å²) in [5.74, 6) is -0.329. The SMILES string of the molecule is C=COC(C)=O.[Zn+2]. The quantitative estimate of drug-likeness (QED) is 0.313. The Morgan fingerprint density at radius 1 is 1.86 bits per heavy atom. The van der Waals surface area contributed by atoms with Crippen molar-refractivity contribution in [3.05, 3.63) is 12.8 Å². The average molecular weight is 151 g/mol. The largest absolute Gasteiger partial charge is 2.00 e. The van der Waals surface area contributed by atoms with Gasteiger partial charge in [-0.2, -0.15) is 0 Å². The Morgan fingerprint density at radius 3 is 2.29 bits per heavy atom. The van der Waals surface area contributed by atoms with Crippen molar-refractivity contribution in [3.8, 4) is 0 Å². The molecular weight excluding hydrogens is 145 g/mol. The zero-order valence-corrected chi connectivity index (χ0v) is 7.28. The number of hydrogen-bond donors (Lipinski definition) is 0. The second kappa shape index (κ2) is 5.83. The fourth-order valence-corrected chi connectivity index (χ4v) is 0.117. The first kappa shape index (κ1) is 9.95. The van der Waals surface area contributed by atoms with Crippen molar-refractivity contribution in [1.82, 2.24) is 0 Å². The first-order chi connectivity index (χ1) is 2.77. The summed E-state index contributed by atoms with van der Waals surface area (Å²) in [6.07, 6.45) is 1.10. The van der Waals surface area contributed by atoms with Crippen LogP contribution >= 0.6 is 0 Å². The van der Waals surface area contributed by atoms with Gasteiger partial charge >= 0.3 is 25.4 Å². The van der Waals surface area contributed by atoms with Gasteiger partial charge in [-0.3, -0.25) is 4.79 Å². The molecule has 0 bridgehead atoms. The van der Waals surface area contributed by atoms with Crippen molar-refractivity contribution in [2.45, 2.75) is 6.92 Å². The van der Waals surface area contributed by atoms with Gasteiger partial charge in [0, 0.05) is 6.92 Å². The Bertz CT molecular complexity index is 70.1. The maximum atomic E-state index is 9.75. The molecule has 0 atom stereocenters. The molecule has 7 heavy (non-hydrogen) atoms. The van der Waals surface area contributed by atoms with E-state index in [0.29, 0.717) is 0 Å². The van der Waals surface area contributed by atoms with Crippen molar-refractivity contribution >= 4 is 5.97 Å². The number of esters is 1. The van der Waals surface area contributed by atoms with E-state index in [1.54, 1.807) is 0 Å². The van der Waals surface area contributed by atoms with Gasteiger partial charge in [-0.1, -0.05) is 6.58 Å². The second-order valence-electron chi connectivity index (χ2n) is 0.776. The molecule has 0 radical (unpaired) electrons. The van der Waals surface area contributed by atoms with E-state index in [1.807, 2.05) is 0 Å². The van der Waals surface area contributed by atoms with Crippen LogP contribution in [0.4, 0.5) is 0 Å². The van der Waals surface area contributed by atoms with Crippen molar-refractivity contribution < 1.29 is 29.0 Å². The number of carbonyl (C=O) groups excluding carboxylic acids is 1. The zero-order chi connectivity index (χ0) is 4.99. The third kappa shape index (κ3) is 10.7. The molecule has 0 rings (SSSR count). The van der Waals surface area contributed by atoms with Crippen LogP contribution in [0.2, 0.25) is 0 Å². The van der Waals surface area contributed by atoms with E-state index in [2.05, 4.69) is 11.3 Å². The molecule has 0 saturated carbocycles. The van der Waals surface area contributed by atoms with Gasteiger partial charge in [0.25, 0.3) is 0 Å². The molecule has 0 aromatic rings. The Hall–Kier alpha value is -0.167. The number of carbonyl (C=O) groups is 1. The van der Waals surface area contributed by atoms with Crippen LogP contribution in [0.25, 0.3) is 0 Å². The summed E-state index contributed by atoms with van der Waals surface area (Å²) in [4.78, 5) is 9.75. The van der Waals surface area contributed by atoms with Crippen LogP contribution in [0, 0.1) is 0 Å². The topological polar surface area (TPSA) is 26.3 Å². The molecule has 2 nitrogen and oxygen atoms in total. The van der Waals surface area contributed by atoms with Gasteiger partial charge in [-0.15, -0.1) is 0 Å². The summed E-state index contributed by atoms with van der Waals surface area (Å²) >= 11 is 0. The molecule has 34 valence electrons. The standard InChI is InChI=1S/C4H6O2.Zn/c1-3-6-4(2)5;/h3H,1H2,2H3;/q;+2. The third-order valence-corrected chi connectivity index (χ3v) is 0.249. The van der Waals surface area contributed by atoms with E-state index < -0.39 is 0 Å².